The molecule has 0 atom stereocenters. The van der Waals surface area contributed by atoms with Gasteiger partial charge < -0.3 is 0 Å². The van der Waals surface area contributed by atoms with Crippen LogP contribution in [-0.2, 0) is 0 Å². The second-order valence-electron chi connectivity index (χ2n) is 5.21. The van der Waals surface area contributed by atoms with Crippen LogP contribution >= 0.6 is 0 Å². The fourth-order valence-corrected chi connectivity index (χ4v) is 2.03. The van der Waals surface area contributed by atoms with E-state index in [2.05, 4.69) is 41.5 Å². The van der Waals surface area contributed by atoms with Crippen LogP contribution in [0.1, 0.15) is 73.6 Å². The fourth-order valence-electron chi connectivity index (χ4n) is 2.03. The van der Waals surface area contributed by atoms with Gasteiger partial charge in [-0.15, -0.1) is 0 Å². The van der Waals surface area contributed by atoms with Crippen LogP contribution < -0.4 is 0 Å². The maximum absolute atomic E-state index is 2.44. The topological polar surface area (TPSA) is 0 Å². The summed E-state index contributed by atoms with van der Waals surface area (Å²) in [7, 11) is 0. The lowest BCUT2D eigenvalue weighted by molar-refractivity contribution is 0.138. The average Bonchev–Trinajstić information content (AvgIpc) is 2.17. The molecule has 0 heteroatoms. The van der Waals surface area contributed by atoms with Gasteiger partial charge in [-0.2, -0.15) is 0 Å². The van der Waals surface area contributed by atoms with Gasteiger partial charge in [-0.1, -0.05) is 67.2 Å². The first-order valence-electron chi connectivity index (χ1n) is 5.95. The molecule has 13 heavy (non-hydrogen) atoms. The van der Waals surface area contributed by atoms with E-state index >= 15 is 0 Å². The lowest BCUT2D eigenvalue weighted by Gasteiger charge is -2.38. The van der Waals surface area contributed by atoms with E-state index in [1.54, 1.807) is 0 Å². The van der Waals surface area contributed by atoms with Crippen LogP contribution in [0.2, 0.25) is 0 Å². The van der Waals surface area contributed by atoms with Crippen LogP contribution in [0, 0.1) is 10.8 Å². The maximum Gasteiger partial charge on any atom is -0.0326 e. The number of hydrogen-bond acceptors (Lipinski definition) is 0. The Bertz CT molecular complexity index is 111. The van der Waals surface area contributed by atoms with Gasteiger partial charge >= 0.3 is 0 Å². The zero-order valence-electron chi connectivity index (χ0n) is 10.5. The minimum atomic E-state index is 0.570. The summed E-state index contributed by atoms with van der Waals surface area (Å²) < 4.78 is 0. The molecule has 0 spiro atoms. The first-order valence-corrected chi connectivity index (χ1v) is 5.95. The van der Waals surface area contributed by atoms with Gasteiger partial charge in [0.15, 0.2) is 0 Å². The van der Waals surface area contributed by atoms with E-state index in [0.29, 0.717) is 10.8 Å². The van der Waals surface area contributed by atoms with Crippen LogP contribution in [0.25, 0.3) is 0 Å². The smallest absolute Gasteiger partial charge is 0.0326 e. The van der Waals surface area contributed by atoms with E-state index in [0.717, 1.165) is 0 Å². The molecule has 0 radical (unpaired) electrons. The predicted octanol–water partition coefficient (Wildman–Crippen LogP) is 5.03. The Kier molecular flexibility index (Phi) is 5.02. The second-order valence-corrected chi connectivity index (χ2v) is 5.21. The molecule has 0 aliphatic rings. The molecule has 0 aromatic carbocycles. The minimum absolute atomic E-state index is 0.570. The minimum Gasteiger partial charge on any atom is -0.0649 e. The van der Waals surface area contributed by atoms with E-state index < -0.39 is 0 Å². The molecule has 0 aromatic rings. The van der Waals surface area contributed by atoms with Crippen molar-refractivity contribution in [3.63, 3.8) is 0 Å². The fraction of sp³-hybridized carbons (Fsp3) is 1.00. The van der Waals surface area contributed by atoms with Crippen molar-refractivity contribution in [3.05, 3.63) is 0 Å². The van der Waals surface area contributed by atoms with Crippen molar-refractivity contribution >= 4 is 0 Å². The Morgan fingerprint density at radius 2 is 0.846 bits per heavy atom. The van der Waals surface area contributed by atoms with Gasteiger partial charge in [-0.3, -0.25) is 0 Å². The van der Waals surface area contributed by atoms with Crippen molar-refractivity contribution in [2.24, 2.45) is 10.8 Å². The van der Waals surface area contributed by atoms with Crippen LogP contribution in [0.4, 0.5) is 0 Å². The summed E-state index contributed by atoms with van der Waals surface area (Å²) in [5.41, 5.74) is 1.14. The van der Waals surface area contributed by atoms with Crippen molar-refractivity contribution in [1.82, 2.24) is 0 Å². The third kappa shape index (κ3) is 3.70. The zero-order valence-corrected chi connectivity index (χ0v) is 10.5. The number of rotatable bonds is 6. The van der Waals surface area contributed by atoms with E-state index in [4.69, 9.17) is 0 Å². The third-order valence-corrected chi connectivity index (χ3v) is 4.27. The van der Waals surface area contributed by atoms with Gasteiger partial charge in [0.05, 0.1) is 0 Å². The van der Waals surface area contributed by atoms with E-state index in [1.165, 1.54) is 32.1 Å². The van der Waals surface area contributed by atoms with Gasteiger partial charge in [0, 0.05) is 0 Å². The van der Waals surface area contributed by atoms with Crippen molar-refractivity contribution in [2.45, 2.75) is 73.6 Å². The lowest BCUT2D eigenvalue weighted by atomic mass is 9.68. The highest BCUT2D eigenvalue weighted by Gasteiger charge is 2.30. The molecule has 0 aliphatic heterocycles. The SMILES string of the molecule is CCC(C)(CC)CC(C)(CC)CC. The summed E-state index contributed by atoms with van der Waals surface area (Å²) in [6.45, 7) is 14.2. The van der Waals surface area contributed by atoms with Crippen molar-refractivity contribution < 1.29 is 0 Å². The highest BCUT2D eigenvalue weighted by Crippen LogP contribution is 2.42. The largest absolute Gasteiger partial charge is 0.0649 e. The normalized spacial score (nSPS) is 13.4. The molecule has 0 nitrogen and oxygen atoms in total. The number of hydrogen-bond donors (Lipinski definition) is 0. The van der Waals surface area contributed by atoms with Gasteiger partial charge in [-0.05, 0) is 17.3 Å². The Hall–Kier alpha value is 0. The molecular formula is C13H28. The lowest BCUT2D eigenvalue weighted by Crippen LogP contribution is -2.26. The molecule has 0 fully saturated rings. The van der Waals surface area contributed by atoms with Crippen LogP contribution in [0.3, 0.4) is 0 Å². The van der Waals surface area contributed by atoms with E-state index in [1.807, 2.05) is 0 Å². The molecule has 0 rings (SSSR count). The van der Waals surface area contributed by atoms with Crippen LogP contribution in [0.15, 0.2) is 0 Å². The quantitative estimate of drug-likeness (QED) is 0.543. The Morgan fingerprint density at radius 1 is 0.615 bits per heavy atom. The van der Waals surface area contributed by atoms with Crippen molar-refractivity contribution in [2.75, 3.05) is 0 Å². The Labute approximate surface area is 85.1 Å². The summed E-state index contributed by atoms with van der Waals surface area (Å²) in [4.78, 5) is 0. The van der Waals surface area contributed by atoms with Crippen LogP contribution in [0.5, 0.6) is 0 Å². The monoisotopic (exact) mass is 184 g/mol. The standard InChI is InChI=1S/C13H28/c1-7-12(5,8-2)11-13(6,9-3)10-4/h7-11H2,1-6H3. The Balaban J connectivity index is 4.36. The molecule has 0 saturated carbocycles. The van der Waals surface area contributed by atoms with Gasteiger partial charge in [0.1, 0.15) is 0 Å². The molecule has 0 amide bonds. The third-order valence-electron chi connectivity index (χ3n) is 4.27. The molecule has 0 saturated heterocycles. The summed E-state index contributed by atoms with van der Waals surface area (Å²) in [6.07, 6.45) is 6.66. The second kappa shape index (κ2) is 5.02. The Morgan fingerprint density at radius 3 is 1.00 bits per heavy atom. The van der Waals surface area contributed by atoms with Crippen molar-refractivity contribution in [3.8, 4) is 0 Å². The zero-order chi connectivity index (χ0) is 10.5. The summed E-state index contributed by atoms with van der Waals surface area (Å²) in [5, 5.41) is 0. The summed E-state index contributed by atoms with van der Waals surface area (Å²) in [5.74, 6) is 0. The molecule has 0 heterocycles. The molecule has 0 unspecified atom stereocenters. The first kappa shape index (κ1) is 13.0. The highest BCUT2D eigenvalue weighted by atomic mass is 14.4. The van der Waals surface area contributed by atoms with Gasteiger partial charge in [0.2, 0.25) is 0 Å². The molecule has 0 aliphatic carbocycles. The molecule has 0 aromatic heterocycles. The first-order chi connectivity index (χ1) is 5.95. The van der Waals surface area contributed by atoms with Gasteiger partial charge in [0.25, 0.3) is 0 Å². The van der Waals surface area contributed by atoms with Gasteiger partial charge in [-0.25, -0.2) is 0 Å². The van der Waals surface area contributed by atoms with E-state index in [9.17, 15) is 0 Å². The maximum atomic E-state index is 2.44. The van der Waals surface area contributed by atoms with E-state index in [-0.39, 0.29) is 0 Å². The highest BCUT2D eigenvalue weighted by molar-refractivity contribution is 4.81. The van der Waals surface area contributed by atoms with Crippen molar-refractivity contribution in [1.29, 1.82) is 0 Å². The average molecular weight is 184 g/mol. The molecule has 0 bridgehead atoms. The summed E-state index contributed by atoms with van der Waals surface area (Å²) in [6, 6.07) is 0. The molecule has 0 N–H and O–H groups in total. The predicted molar refractivity (Wildman–Crippen MR) is 62.0 cm³/mol. The molecule has 80 valence electrons. The van der Waals surface area contributed by atoms with Crippen LogP contribution in [-0.4, -0.2) is 0 Å². The molecular weight excluding hydrogens is 156 g/mol. The summed E-state index contributed by atoms with van der Waals surface area (Å²) >= 11 is 0.